The Hall–Kier alpha value is -1.85. The van der Waals surface area contributed by atoms with Gasteiger partial charge in [-0.05, 0) is 19.8 Å². The Kier molecular flexibility index (Phi) is 3.64. The van der Waals surface area contributed by atoms with Crippen LogP contribution >= 0.6 is 0 Å². The van der Waals surface area contributed by atoms with E-state index in [2.05, 4.69) is 5.16 Å². The SMILES string of the molecule is Cc1cc(C(=O)N(CC(=O)O)C2CCCC2)on1. The molecule has 2 rings (SSSR count). The molecule has 1 aliphatic carbocycles. The summed E-state index contributed by atoms with van der Waals surface area (Å²) in [6.07, 6.45) is 3.77. The fourth-order valence-corrected chi connectivity index (χ4v) is 2.33. The van der Waals surface area contributed by atoms with Gasteiger partial charge in [0.25, 0.3) is 5.91 Å². The normalized spacial score (nSPS) is 15.8. The number of hydrogen-bond donors (Lipinski definition) is 1. The molecule has 1 N–H and O–H groups in total. The van der Waals surface area contributed by atoms with Crippen molar-refractivity contribution in [1.82, 2.24) is 10.1 Å². The third-order valence-corrected chi connectivity index (χ3v) is 3.17. The number of amides is 1. The molecule has 1 aromatic rings. The van der Waals surface area contributed by atoms with Crippen molar-refractivity contribution in [2.45, 2.75) is 38.6 Å². The van der Waals surface area contributed by atoms with Crippen molar-refractivity contribution in [3.63, 3.8) is 0 Å². The van der Waals surface area contributed by atoms with Crippen LogP contribution in [0.3, 0.4) is 0 Å². The molecule has 1 saturated carbocycles. The molecule has 6 nitrogen and oxygen atoms in total. The Bertz CT molecular complexity index is 449. The Morgan fingerprint density at radius 3 is 2.67 bits per heavy atom. The number of aryl methyl sites for hydroxylation is 1. The first-order chi connectivity index (χ1) is 8.58. The van der Waals surface area contributed by atoms with Gasteiger partial charge < -0.3 is 14.5 Å². The maximum atomic E-state index is 12.2. The highest BCUT2D eigenvalue weighted by molar-refractivity contribution is 5.93. The number of carboxylic acid groups (broad SMARTS) is 1. The minimum Gasteiger partial charge on any atom is -0.480 e. The molecular weight excluding hydrogens is 236 g/mol. The maximum Gasteiger partial charge on any atom is 0.323 e. The number of aliphatic carboxylic acids is 1. The van der Waals surface area contributed by atoms with Gasteiger partial charge in [-0.1, -0.05) is 18.0 Å². The fourth-order valence-electron chi connectivity index (χ4n) is 2.33. The van der Waals surface area contributed by atoms with Gasteiger partial charge in [0, 0.05) is 12.1 Å². The van der Waals surface area contributed by atoms with Gasteiger partial charge >= 0.3 is 5.97 Å². The Labute approximate surface area is 105 Å². The zero-order valence-electron chi connectivity index (χ0n) is 10.3. The molecule has 0 aromatic carbocycles. The van der Waals surface area contributed by atoms with E-state index in [1.54, 1.807) is 6.92 Å². The molecule has 0 aliphatic heterocycles. The number of aromatic nitrogens is 1. The second kappa shape index (κ2) is 5.20. The molecule has 0 radical (unpaired) electrons. The molecule has 98 valence electrons. The van der Waals surface area contributed by atoms with Crippen molar-refractivity contribution < 1.29 is 19.2 Å². The Balaban J connectivity index is 2.17. The number of carbonyl (C=O) groups excluding carboxylic acids is 1. The van der Waals surface area contributed by atoms with Crippen LogP contribution in [0.4, 0.5) is 0 Å². The smallest absolute Gasteiger partial charge is 0.323 e. The van der Waals surface area contributed by atoms with E-state index in [0.29, 0.717) is 5.69 Å². The van der Waals surface area contributed by atoms with Gasteiger partial charge in [0.15, 0.2) is 0 Å². The Morgan fingerprint density at radius 1 is 1.50 bits per heavy atom. The molecule has 1 heterocycles. The quantitative estimate of drug-likeness (QED) is 0.876. The molecule has 0 unspecified atom stereocenters. The van der Waals surface area contributed by atoms with E-state index in [1.807, 2.05) is 0 Å². The van der Waals surface area contributed by atoms with E-state index in [9.17, 15) is 9.59 Å². The molecule has 1 aliphatic rings. The Morgan fingerprint density at radius 2 is 2.17 bits per heavy atom. The largest absolute Gasteiger partial charge is 0.480 e. The molecule has 18 heavy (non-hydrogen) atoms. The first kappa shape index (κ1) is 12.6. The lowest BCUT2D eigenvalue weighted by atomic mass is 10.2. The minimum absolute atomic E-state index is 0.000920. The van der Waals surface area contributed by atoms with E-state index >= 15 is 0 Å². The van der Waals surface area contributed by atoms with E-state index < -0.39 is 5.97 Å². The fraction of sp³-hybridized carbons (Fsp3) is 0.583. The maximum absolute atomic E-state index is 12.2. The van der Waals surface area contributed by atoms with Crippen LogP contribution in [0.25, 0.3) is 0 Å². The van der Waals surface area contributed by atoms with Crippen LogP contribution < -0.4 is 0 Å². The summed E-state index contributed by atoms with van der Waals surface area (Å²) in [5.74, 6) is -1.28. The average molecular weight is 252 g/mol. The number of hydrogen-bond acceptors (Lipinski definition) is 4. The number of nitrogens with zero attached hydrogens (tertiary/aromatic N) is 2. The van der Waals surface area contributed by atoms with Gasteiger partial charge in [-0.3, -0.25) is 9.59 Å². The van der Waals surface area contributed by atoms with Crippen LogP contribution in [0.2, 0.25) is 0 Å². The predicted molar refractivity (Wildman–Crippen MR) is 62.2 cm³/mol. The van der Waals surface area contributed by atoms with Gasteiger partial charge in [-0.2, -0.15) is 0 Å². The number of carbonyl (C=O) groups is 2. The highest BCUT2D eigenvalue weighted by Crippen LogP contribution is 2.24. The summed E-state index contributed by atoms with van der Waals surface area (Å²) in [4.78, 5) is 24.5. The lowest BCUT2D eigenvalue weighted by molar-refractivity contribution is -0.138. The zero-order valence-corrected chi connectivity index (χ0v) is 10.3. The monoisotopic (exact) mass is 252 g/mol. The van der Waals surface area contributed by atoms with Gasteiger partial charge in [-0.15, -0.1) is 0 Å². The third kappa shape index (κ3) is 2.69. The van der Waals surface area contributed by atoms with Crippen LogP contribution in [-0.4, -0.2) is 39.6 Å². The van der Waals surface area contributed by atoms with E-state index in [1.165, 1.54) is 11.0 Å². The summed E-state index contributed by atoms with van der Waals surface area (Å²) in [5.41, 5.74) is 0.611. The standard InChI is InChI=1S/C12H16N2O4/c1-8-6-10(18-13-8)12(17)14(7-11(15)16)9-4-2-3-5-9/h6,9H,2-5,7H2,1H3,(H,15,16). The molecule has 0 spiro atoms. The van der Waals surface area contributed by atoms with Crippen LogP contribution in [-0.2, 0) is 4.79 Å². The topological polar surface area (TPSA) is 83.6 Å². The molecule has 0 atom stereocenters. The summed E-state index contributed by atoms with van der Waals surface area (Å²) in [6, 6.07) is 1.53. The van der Waals surface area contributed by atoms with Crippen molar-refractivity contribution in [3.8, 4) is 0 Å². The van der Waals surface area contributed by atoms with Gasteiger partial charge in [0.1, 0.15) is 6.54 Å². The van der Waals surface area contributed by atoms with E-state index in [4.69, 9.17) is 9.63 Å². The predicted octanol–water partition coefficient (Wildman–Crippen LogP) is 1.45. The second-order valence-corrected chi connectivity index (χ2v) is 4.60. The summed E-state index contributed by atoms with van der Waals surface area (Å²) in [7, 11) is 0. The molecule has 0 saturated heterocycles. The zero-order chi connectivity index (χ0) is 13.1. The number of carboxylic acids is 1. The minimum atomic E-state index is -1.01. The molecule has 0 bridgehead atoms. The van der Waals surface area contributed by atoms with Crippen molar-refractivity contribution in [2.24, 2.45) is 0 Å². The van der Waals surface area contributed by atoms with Crippen LogP contribution in [0.15, 0.2) is 10.6 Å². The summed E-state index contributed by atoms with van der Waals surface area (Å²) in [5, 5.41) is 12.6. The first-order valence-corrected chi connectivity index (χ1v) is 6.04. The van der Waals surface area contributed by atoms with Crippen molar-refractivity contribution >= 4 is 11.9 Å². The molecule has 1 amide bonds. The molecule has 1 aromatic heterocycles. The van der Waals surface area contributed by atoms with E-state index in [-0.39, 0.29) is 24.3 Å². The first-order valence-electron chi connectivity index (χ1n) is 6.04. The molecular formula is C12H16N2O4. The summed E-state index contributed by atoms with van der Waals surface area (Å²) in [6.45, 7) is 1.43. The lowest BCUT2D eigenvalue weighted by Gasteiger charge is -2.26. The van der Waals surface area contributed by atoms with E-state index in [0.717, 1.165) is 25.7 Å². The summed E-state index contributed by atoms with van der Waals surface area (Å²) >= 11 is 0. The third-order valence-electron chi connectivity index (χ3n) is 3.17. The lowest BCUT2D eigenvalue weighted by Crippen LogP contribution is -2.42. The van der Waals surface area contributed by atoms with Crippen LogP contribution in [0.1, 0.15) is 41.9 Å². The number of rotatable bonds is 4. The summed E-state index contributed by atoms with van der Waals surface area (Å²) < 4.78 is 4.91. The second-order valence-electron chi connectivity index (χ2n) is 4.60. The van der Waals surface area contributed by atoms with Gasteiger partial charge in [0.2, 0.25) is 5.76 Å². The average Bonchev–Trinajstić information content (AvgIpc) is 2.95. The van der Waals surface area contributed by atoms with Crippen LogP contribution in [0.5, 0.6) is 0 Å². The highest BCUT2D eigenvalue weighted by Gasteiger charge is 2.30. The van der Waals surface area contributed by atoms with Crippen molar-refractivity contribution in [3.05, 3.63) is 17.5 Å². The van der Waals surface area contributed by atoms with Gasteiger partial charge in [0.05, 0.1) is 5.69 Å². The molecule has 1 fully saturated rings. The van der Waals surface area contributed by atoms with Crippen molar-refractivity contribution in [2.75, 3.05) is 6.54 Å². The highest BCUT2D eigenvalue weighted by atomic mass is 16.5. The molecule has 6 heteroatoms. The van der Waals surface area contributed by atoms with Crippen molar-refractivity contribution in [1.29, 1.82) is 0 Å². The van der Waals surface area contributed by atoms with Crippen LogP contribution in [0, 0.1) is 6.92 Å². The van der Waals surface area contributed by atoms with Gasteiger partial charge in [-0.25, -0.2) is 0 Å².